The van der Waals surface area contributed by atoms with Crippen LogP contribution in [0.25, 0.3) is 0 Å². The zero-order valence-corrected chi connectivity index (χ0v) is 19.8. The molecule has 0 amide bonds. The Hall–Kier alpha value is -2.27. The minimum atomic E-state index is -0.939. The third kappa shape index (κ3) is 6.60. The van der Waals surface area contributed by atoms with Gasteiger partial charge in [0.2, 0.25) is 5.75 Å². The standard InChI is InChI=1S/C20H26O9S2/c1-10(21)27-16-9-30-20(19(29-12(3)23)18(16)28-11(2)22)31-13-7-14(24-4)17(26-6)15(8-13)25-5/h7-8,16,18-20H,9H2,1-6H3/t16-,18+,19-,20+/m1/s1. The molecule has 1 aliphatic rings. The van der Waals surface area contributed by atoms with Gasteiger partial charge in [-0.3, -0.25) is 14.4 Å². The fraction of sp³-hybridized carbons (Fsp3) is 0.550. The van der Waals surface area contributed by atoms with Crippen LogP contribution in [0, 0.1) is 0 Å². The smallest absolute Gasteiger partial charge is 0.303 e. The van der Waals surface area contributed by atoms with Gasteiger partial charge in [-0.05, 0) is 12.1 Å². The highest BCUT2D eigenvalue weighted by molar-refractivity contribution is 8.17. The monoisotopic (exact) mass is 474 g/mol. The highest BCUT2D eigenvalue weighted by Gasteiger charge is 2.46. The number of hydrogen-bond donors (Lipinski definition) is 0. The van der Waals surface area contributed by atoms with E-state index in [9.17, 15) is 14.4 Å². The van der Waals surface area contributed by atoms with E-state index in [0.29, 0.717) is 23.0 Å². The molecule has 1 aliphatic heterocycles. The number of benzene rings is 1. The number of carbonyl (C=O) groups is 3. The van der Waals surface area contributed by atoms with E-state index in [0.717, 1.165) is 4.90 Å². The van der Waals surface area contributed by atoms with E-state index in [2.05, 4.69) is 0 Å². The van der Waals surface area contributed by atoms with Crippen molar-refractivity contribution < 1.29 is 42.8 Å². The van der Waals surface area contributed by atoms with E-state index in [1.165, 1.54) is 65.6 Å². The molecular formula is C20H26O9S2. The lowest BCUT2D eigenvalue weighted by molar-refractivity contribution is -0.180. The molecule has 1 aromatic carbocycles. The van der Waals surface area contributed by atoms with Gasteiger partial charge in [-0.25, -0.2) is 0 Å². The van der Waals surface area contributed by atoms with E-state index >= 15 is 0 Å². The fourth-order valence-electron chi connectivity index (χ4n) is 3.07. The zero-order valence-electron chi connectivity index (χ0n) is 18.2. The van der Waals surface area contributed by atoms with Gasteiger partial charge in [0.25, 0.3) is 0 Å². The minimum Gasteiger partial charge on any atom is -0.493 e. The van der Waals surface area contributed by atoms with Gasteiger partial charge in [-0.15, -0.1) is 23.5 Å². The Morgan fingerprint density at radius 2 is 1.35 bits per heavy atom. The Kier molecular flexibility index (Phi) is 9.17. The zero-order chi connectivity index (χ0) is 23.1. The maximum absolute atomic E-state index is 11.8. The maximum atomic E-state index is 11.8. The summed E-state index contributed by atoms with van der Waals surface area (Å²) in [5.41, 5.74) is 0. The number of methoxy groups -OCH3 is 3. The van der Waals surface area contributed by atoms with Gasteiger partial charge in [-0.1, -0.05) is 0 Å². The van der Waals surface area contributed by atoms with Gasteiger partial charge in [0.15, 0.2) is 29.8 Å². The van der Waals surface area contributed by atoms with Gasteiger partial charge in [0, 0.05) is 31.4 Å². The van der Waals surface area contributed by atoms with Gasteiger partial charge in [-0.2, -0.15) is 0 Å². The SMILES string of the molecule is COc1cc(S[C@@H]2SC[C@@H](OC(C)=O)[C@H](OC(C)=O)[C@H]2OC(C)=O)cc(OC)c1OC. The number of esters is 3. The van der Waals surface area contributed by atoms with Crippen molar-refractivity contribution in [3.05, 3.63) is 12.1 Å². The van der Waals surface area contributed by atoms with Crippen LogP contribution in [0.1, 0.15) is 20.8 Å². The lowest BCUT2D eigenvalue weighted by Gasteiger charge is -2.40. The Labute approximate surface area is 189 Å². The van der Waals surface area contributed by atoms with Gasteiger partial charge >= 0.3 is 17.9 Å². The highest BCUT2D eigenvalue weighted by atomic mass is 32.2. The largest absolute Gasteiger partial charge is 0.493 e. The van der Waals surface area contributed by atoms with Crippen molar-refractivity contribution in [1.29, 1.82) is 0 Å². The molecule has 11 heteroatoms. The van der Waals surface area contributed by atoms with Crippen molar-refractivity contribution in [2.75, 3.05) is 27.1 Å². The average molecular weight is 475 g/mol. The summed E-state index contributed by atoms with van der Waals surface area (Å²) in [5, 5.41) is 0. The van der Waals surface area contributed by atoms with Crippen LogP contribution < -0.4 is 14.2 Å². The van der Waals surface area contributed by atoms with Crippen LogP contribution in [-0.2, 0) is 28.6 Å². The number of thioether (sulfide) groups is 2. The molecule has 0 bridgehead atoms. The summed E-state index contributed by atoms with van der Waals surface area (Å²) < 4.78 is 32.1. The first-order valence-corrected chi connectivity index (χ1v) is 11.2. The molecule has 2 rings (SSSR count). The van der Waals surface area contributed by atoms with E-state index in [1.54, 1.807) is 12.1 Å². The van der Waals surface area contributed by atoms with Crippen LogP contribution >= 0.6 is 23.5 Å². The van der Waals surface area contributed by atoms with Crippen LogP contribution in [0.5, 0.6) is 17.2 Å². The van der Waals surface area contributed by atoms with Gasteiger partial charge < -0.3 is 28.4 Å². The Morgan fingerprint density at radius 1 is 0.839 bits per heavy atom. The molecular weight excluding hydrogens is 448 g/mol. The molecule has 1 aromatic rings. The van der Waals surface area contributed by atoms with Crippen molar-refractivity contribution in [3.8, 4) is 17.2 Å². The molecule has 0 spiro atoms. The number of ether oxygens (including phenoxy) is 6. The number of hydrogen-bond acceptors (Lipinski definition) is 11. The third-order valence-corrected chi connectivity index (χ3v) is 7.02. The molecule has 31 heavy (non-hydrogen) atoms. The predicted molar refractivity (Wildman–Crippen MR) is 115 cm³/mol. The lowest BCUT2D eigenvalue weighted by atomic mass is 10.1. The van der Waals surface area contributed by atoms with Crippen LogP contribution in [0.2, 0.25) is 0 Å². The topological polar surface area (TPSA) is 107 Å². The third-order valence-electron chi connectivity index (χ3n) is 4.20. The molecule has 1 saturated heterocycles. The van der Waals surface area contributed by atoms with Crippen LogP contribution in [0.4, 0.5) is 0 Å². The number of carbonyl (C=O) groups excluding carboxylic acids is 3. The highest BCUT2D eigenvalue weighted by Crippen LogP contribution is 2.46. The predicted octanol–water partition coefficient (Wildman–Crippen LogP) is 2.67. The van der Waals surface area contributed by atoms with E-state index < -0.39 is 36.2 Å². The van der Waals surface area contributed by atoms with E-state index in [4.69, 9.17) is 28.4 Å². The summed E-state index contributed by atoms with van der Waals surface area (Å²) in [4.78, 5) is 35.8. The van der Waals surface area contributed by atoms with Crippen molar-refractivity contribution in [3.63, 3.8) is 0 Å². The molecule has 0 aromatic heterocycles. The van der Waals surface area contributed by atoms with Crippen molar-refractivity contribution >= 4 is 41.4 Å². The minimum absolute atomic E-state index is 0.358. The quantitative estimate of drug-likeness (QED) is 0.410. The molecule has 4 atom stereocenters. The maximum Gasteiger partial charge on any atom is 0.303 e. The molecule has 1 heterocycles. The summed E-state index contributed by atoms with van der Waals surface area (Å²) in [6.07, 6.45) is -2.53. The molecule has 0 N–H and O–H groups in total. The number of rotatable bonds is 8. The Morgan fingerprint density at radius 3 is 1.81 bits per heavy atom. The summed E-state index contributed by atoms with van der Waals surface area (Å²) in [7, 11) is 4.55. The summed E-state index contributed by atoms with van der Waals surface area (Å²) in [6.45, 7) is 3.79. The van der Waals surface area contributed by atoms with Crippen LogP contribution in [-0.4, -0.2) is 67.9 Å². The second kappa shape index (κ2) is 11.4. The summed E-state index contributed by atoms with van der Waals surface area (Å²) in [6, 6.07) is 3.55. The Bertz CT molecular complexity index is 789. The van der Waals surface area contributed by atoms with Crippen LogP contribution in [0.15, 0.2) is 17.0 Å². The normalized spacial score (nSPS) is 22.8. The summed E-state index contributed by atoms with van der Waals surface area (Å²) in [5.74, 6) is 0.142. The fourth-order valence-corrected chi connectivity index (χ4v) is 5.91. The molecule has 0 saturated carbocycles. The lowest BCUT2D eigenvalue weighted by Crippen LogP contribution is -2.53. The van der Waals surface area contributed by atoms with Gasteiger partial charge in [0.05, 0.1) is 25.9 Å². The molecule has 0 aliphatic carbocycles. The first-order valence-electron chi connectivity index (χ1n) is 9.30. The second-order valence-corrected chi connectivity index (χ2v) is 9.16. The molecule has 9 nitrogen and oxygen atoms in total. The first kappa shape index (κ1) is 25.0. The van der Waals surface area contributed by atoms with Gasteiger partial charge in [0.1, 0.15) is 0 Å². The van der Waals surface area contributed by atoms with Crippen molar-refractivity contribution in [2.45, 2.75) is 48.6 Å². The van der Waals surface area contributed by atoms with E-state index in [1.807, 2.05) is 0 Å². The molecule has 172 valence electrons. The molecule has 0 unspecified atom stereocenters. The average Bonchev–Trinajstić information content (AvgIpc) is 2.70. The molecule has 0 radical (unpaired) electrons. The van der Waals surface area contributed by atoms with Crippen LogP contribution in [0.3, 0.4) is 0 Å². The van der Waals surface area contributed by atoms with Crippen molar-refractivity contribution in [2.24, 2.45) is 0 Å². The second-order valence-electron chi connectivity index (χ2n) is 6.48. The Balaban J connectivity index is 2.38. The summed E-state index contributed by atoms with van der Waals surface area (Å²) >= 11 is 2.81. The first-order chi connectivity index (χ1) is 14.7. The van der Waals surface area contributed by atoms with E-state index in [-0.39, 0.29) is 4.58 Å². The van der Waals surface area contributed by atoms with Crippen molar-refractivity contribution in [1.82, 2.24) is 0 Å². The molecule has 1 fully saturated rings.